The van der Waals surface area contributed by atoms with Crippen LogP contribution in [0.5, 0.6) is 0 Å². The summed E-state index contributed by atoms with van der Waals surface area (Å²) in [6.45, 7) is 4.16. The molecule has 4 nitrogen and oxygen atoms in total. The quantitative estimate of drug-likeness (QED) is 0.804. The fourth-order valence-corrected chi connectivity index (χ4v) is 1.63. The number of carboxylic acids is 1. The van der Waals surface area contributed by atoms with Gasteiger partial charge in [0.15, 0.2) is 0 Å². The Hall–Kier alpha value is -1.45. The first-order valence-corrected chi connectivity index (χ1v) is 5.07. The Bertz CT molecular complexity index is 312. The molecule has 0 aliphatic carbocycles. The molecule has 0 bridgehead atoms. The van der Waals surface area contributed by atoms with Crippen LogP contribution in [-0.4, -0.2) is 21.0 Å². The van der Waals surface area contributed by atoms with Crippen LogP contribution in [0.4, 0.5) is 0 Å². The third-order valence-electron chi connectivity index (χ3n) is 2.20. The second-order valence-electron chi connectivity index (χ2n) is 4.06. The third-order valence-corrected chi connectivity index (χ3v) is 2.20. The molecule has 1 aromatic rings. The van der Waals surface area contributed by atoms with E-state index in [1.807, 2.05) is 0 Å². The molecule has 1 aromatic heterocycles. The second kappa shape index (κ2) is 5.44. The Morgan fingerprint density at radius 2 is 2.27 bits per heavy atom. The van der Waals surface area contributed by atoms with Crippen LogP contribution in [0.2, 0.25) is 0 Å². The lowest BCUT2D eigenvalue weighted by molar-refractivity contribution is -0.137. The smallest absolute Gasteiger partial charge is 0.304 e. The zero-order chi connectivity index (χ0) is 11.3. The molecule has 0 radical (unpaired) electrons. The lowest BCUT2D eigenvalue weighted by Crippen LogP contribution is -2.10. The van der Waals surface area contributed by atoms with E-state index >= 15 is 0 Å². The van der Waals surface area contributed by atoms with Crippen LogP contribution in [0, 0.1) is 5.92 Å². The number of carboxylic acid groups (broad SMARTS) is 1. The van der Waals surface area contributed by atoms with Crippen LogP contribution in [0.3, 0.4) is 0 Å². The Morgan fingerprint density at radius 3 is 2.73 bits per heavy atom. The Balaban J connectivity index is 2.76. The summed E-state index contributed by atoms with van der Waals surface area (Å²) < 4.78 is 0. The van der Waals surface area contributed by atoms with Gasteiger partial charge in [-0.25, -0.2) is 9.97 Å². The molecule has 82 valence electrons. The monoisotopic (exact) mass is 208 g/mol. The topological polar surface area (TPSA) is 63.1 Å². The molecule has 15 heavy (non-hydrogen) atoms. The van der Waals surface area contributed by atoms with E-state index < -0.39 is 5.97 Å². The van der Waals surface area contributed by atoms with Crippen molar-refractivity contribution in [2.75, 3.05) is 0 Å². The largest absolute Gasteiger partial charge is 0.481 e. The predicted molar refractivity (Wildman–Crippen MR) is 56.5 cm³/mol. The van der Waals surface area contributed by atoms with E-state index in [0.717, 1.165) is 12.1 Å². The molecule has 1 N–H and O–H groups in total. The minimum absolute atomic E-state index is 0.00880. The highest BCUT2D eigenvalue weighted by Crippen LogP contribution is 2.24. The van der Waals surface area contributed by atoms with E-state index in [1.54, 1.807) is 12.3 Å². The predicted octanol–water partition coefficient (Wildman–Crippen LogP) is 2.08. The number of rotatable bonds is 5. The number of carbonyl (C=O) groups is 1. The van der Waals surface area contributed by atoms with Crippen molar-refractivity contribution in [1.29, 1.82) is 0 Å². The molecule has 1 heterocycles. The van der Waals surface area contributed by atoms with Crippen molar-refractivity contribution in [3.05, 3.63) is 24.3 Å². The van der Waals surface area contributed by atoms with Gasteiger partial charge in [0.25, 0.3) is 0 Å². The van der Waals surface area contributed by atoms with Gasteiger partial charge in [0, 0.05) is 17.8 Å². The van der Waals surface area contributed by atoms with E-state index in [-0.39, 0.29) is 12.3 Å². The summed E-state index contributed by atoms with van der Waals surface area (Å²) in [4.78, 5) is 18.7. The van der Waals surface area contributed by atoms with Crippen LogP contribution in [0.1, 0.15) is 38.3 Å². The maximum absolute atomic E-state index is 10.7. The number of aliphatic carboxylic acids is 1. The first-order chi connectivity index (χ1) is 7.09. The lowest BCUT2D eigenvalue weighted by atomic mass is 9.91. The second-order valence-corrected chi connectivity index (χ2v) is 4.06. The van der Waals surface area contributed by atoms with Crippen LogP contribution < -0.4 is 0 Å². The fraction of sp³-hybridized carbons (Fsp3) is 0.545. The molecule has 1 rings (SSSR count). The highest BCUT2D eigenvalue weighted by Gasteiger charge is 2.17. The average Bonchev–Trinajstić information content (AvgIpc) is 2.17. The first-order valence-electron chi connectivity index (χ1n) is 5.07. The number of nitrogens with zero attached hydrogens (tertiary/aromatic N) is 2. The summed E-state index contributed by atoms with van der Waals surface area (Å²) in [7, 11) is 0. The average molecular weight is 208 g/mol. The molecule has 0 aliphatic rings. The van der Waals surface area contributed by atoms with Crippen molar-refractivity contribution < 1.29 is 9.90 Å². The van der Waals surface area contributed by atoms with E-state index in [4.69, 9.17) is 5.11 Å². The molecule has 0 amide bonds. The van der Waals surface area contributed by atoms with Crippen molar-refractivity contribution in [2.24, 2.45) is 5.92 Å². The van der Waals surface area contributed by atoms with Crippen molar-refractivity contribution in [3.8, 4) is 0 Å². The lowest BCUT2D eigenvalue weighted by Gasteiger charge is -2.15. The molecule has 0 fully saturated rings. The van der Waals surface area contributed by atoms with Gasteiger partial charge >= 0.3 is 5.97 Å². The number of hydrogen-bond acceptors (Lipinski definition) is 3. The minimum Gasteiger partial charge on any atom is -0.481 e. The first kappa shape index (κ1) is 11.6. The Kier molecular flexibility index (Phi) is 4.21. The maximum atomic E-state index is 10.7. The van der Waals surface area contributed by atoms with Gasteiger partial charge in [-0.05, 0) is 18.4 Å². The van der Waals surface area contributed by atoms with Crippen LogP contribution in [0.25, 0.3) is 0 Å². The summed E-state index contributed by atoms with van der Waals surface area (Å²) in [6, 6.07) is 1.79. The highest BCUT2D eigenvalue weighted by atomic mass is 16.4. The third kappa shape index (κ3) is 4.06. The van der Waals surface area contributed by atoms with Crippen LogP contribution >= 0.6 is 0 Å². The SMILES string of the molecule is CC(C)CC(CC(=O)O)c1ccncn1. The van der Waals surface area contributed by atoms with E-state index in [2.05, 4.69) is 23.8 Å². The zero-order valence-electron chi connectivity index (χ0n) is 9.05. The van der Waals surface area contributed by atoms with Crippen molar-refractivity contribution in [2.45, 2.75) is 32.6 Å². The van der Waals surface area contributed by atoms with Crippen molar-refractivity contribution in [3.63, 3.8) is 0 Å². The number of hydrogen-bond donors (Lipinski definition) is 1. The van der Waals surface area contributed by atoms with Crippen LogP contribution in [0.15, 0.2) is 18.6 Å². The Morgan fingerprint density at radius 1 is 1.53 bits per heavy atom. The van der Waals surface area contributed by atoms with Gasteiger partial charge in [0.05, 0.1) is 6.42 Å². The molecular weight excluding hydrogens is 192 g/mol. The summed E-state index contributed by atoms with van der Waals surface area (Å²) in [6.07, 6.45) is 4.08. The van der Waals surface area contributed by atoms with Crippen molar-refractivity contribution in [1.82, 2.24) is 9.97 Å². The molecular formula is C11H16N2O2. The molecule has 0 spiro atoms. The van der Waals surface area contributed by atoms with Crippen LogP contribution in [-0.2, 0) is 4.79 Å². The highest BCUT2D eigenvalue weighted by molar-refractivity contribution is 5.67. The molecule has 0 saturated carbocycles. The summed E-state index contributed by atoms with van der Waals surface area (Å²) in [5, 5.41) is 8.81. The van der Waals surface area contributed by atoms with Gasteiger partial charge in [0.2, 0.25) is 0 Å². The summed E-state index contributed by atoms with van der Waals surface area (Å²) >= 11 is 0. The van der Waals surface area contributed by atoms with Gasteiger partial charge < -0.3 is 5.11 Å². The van der Waals surface area contributed by atoms with Gasteiger partial charge in [-0.1, -0.05) is 13.8 Å². The van der Waals surface area contributed by atoms with E-state index in [0.29, 0.717) is 5.92 Å². The maximum Gasteiger partial charge on any atom is 0.304 e. The molecule has 1 atom stereocenters. The molecule has 0 aliphatic heterocycles. The fourth-order valence-electron chi connectivity index (χ4n) is 1.63. The zero-order valence-corrected chi connectivity index (χ0v) is 9.05. The molecule has 0 aromatic carbocycles. The molecule has 4 heteroatoms. The Labute approximate surface area is 89.4 Å². The van der Waals surface area contributed by atoms with E-state index in [9.17, 15) is 4.79 Å². The number of aromatic nitrogens is 2. The minimum atomic E-state index is -0.778. The van der Waals surface area contributed by atoms with E-state index in [1.165, 1.54) is 6.33 Å². The van der Waals surface area contributed by atoms with Crippen molar-refractivity contribution >= 4 is 5.97 Å². The van der Waals surface area contributed by atoms with Gasteiger partial charge in [0.1, 0.15) is 6.33 Å². The summed E-state index contributed by atoms with van der Waals surface area (Å²) in [5.41, 5.74) is 0.820. The van der Waals surface area contributed by atoms with Gasteiger partial charge in [-0.2, -0.15) is 0 Å². The van der Waals surface area contributed by atoms with Gasteiger partial charge in [-0.3, -0.25) is 4.79 Å². The normalized spacial score (nSPS) is 12.7. The molecule has 1 unspecified atom stereocenters. The summed E-state index contributed by atoms with van der Waals surface area (Å²) in [5.74, 6) is -0.325. The molecule has 0 saturated heterocycles. The van der Waals surface area contributed by atoms with Gasteiger partial charge in [-0.15, -0.1) is 0 Å². The standard InChI is InChI=1S/C11H16N2O2/c1-8(2)5-9(6-11(14)15)10-3-4-12-7-13-10/h3-4,7-9H,5-6H2,1-2H3,(H,14,15).